The van der Waals surface area contributed by atoms with E-state index in [4.69, 9.17) is 4.74 Å². The van der Waals surface area contributed by atoms with E-state index in [9.17, 15) is 0 Å². The van der Waals surface area contributed by atoms with Gasteiger partial charge >= 0.3 is 0 Å². The Morgan fingerprint density at radius 3 is 2.94 bits per heavy atom. The Bertz CT molecular complexity index is 482. The summed E-state index contributed by atoms with van der Waals surface area (Å²) in [6.07, 6.45) is 1.91. The smallest absolute Gasteiger partial charge is 0.119 e. The normalized spacial score (nSPS) is 10.5. The van der Waals surface area contributed by atoms with Crippen LogP contribution in [0.25, 0.3) is 0 Å². The number of hydrogen-bond donors (Lipinski definition) is 1. The quantitative estimate of drug-likeness (QED) is 0.883. The summed E-state index contributed by atoms with van der Waals surface area (Å²) in [5.74, 6) is 0.898. The zero-order valence-electron chi connectivity index (χ0n) is 10.1. The number of aromatic nitrogens is 1. The topological polar surface area (TPSA) is 34.1 Å². The average Bonchev–Trinajstić information content (AvgIpc) is 2.75. The lowest BCUT2D eigenvalue weighted by molar-refractivity contribution is 0.414. The summed E-state index contributed by atoms with van der Waals surface area (Å²) in [5, 5.41) is 4.50. The highest BCUT2D eigenvalue weighted by atomic mass is 32.1. The molecule has 1 N–H and O–H groups in total. The van der Waals surface area contributed by atoms with Gasteiger partial charge in [0.05, 0.1) is 7.11 Å². The molecule has 2 aromatic rings. The highest BCUT2D eigenvalue weighted by molar-refractivity contribution is 7.11. The van der Waals surface area contributed by atoms with Gasteiger partial charge in [-0.05, 0) is 24.6 Å². The molecular weight excluding hydrogens is 232 g/mol. The van der Waals surface area contributed by atoms with E-state index in [1.807, 2.05) is 24.4 Å². The second-order valence-electron chi connectivity index (χ2n) is 3.82. The molecule has 1 heterocycles. The fourth-order valence-corrected chi connectivity index (χ4v) is 2.34. The summed E-state index contributed by atoms with van der Waals surface area (Å²) in [6.45, 7) is 3.72. The lowest BCUT2D eigenvalue weighted by Crippen LogP contribution is -2.12. The zero-order chi connectivity index (χ0) is 12.1. The van der Waals surface area contributed by atoms with Gasteiger partial charge in [-0.15, -0.1) is 11.3 Å². The summed E-state index contributed by atoms with van der Waals surface area (Å²) in [4.78, 5) is 5.56. The average molecular weight is 248 g/mol. The monoisotopic (exact) mass is 248 g/mol. The van der Waals surface area contributed by atoms with Gasteiger partial charge in [-0.2, -0.15) is 0 Å². The maximum atomic E-state index is 5.18. The molecule has 0 saturated heterocycles. The molecule has 90 valence electrons. The van der Waals surface area contributed by atoms with Gasteiger partial charge in [-0.25, -0.2) is 4.98 Å². The minimum Gasteiger partial charge on any atom is -0.497 e. The Hall–Kier alpha value is -1.39. The first-order chi connectivity index (χ1) is 8.28. The van der Waals surface area contributed by atoms with E-state index < -0.39 is 0 Å². The van der Waals surface area contributed by atoms with Gasteiger partial charge in [0.1, 0.15) is 10.8 Å². The van der Waals surface area contributed by atoms with Gasteiger partial charge in [0.25, 0.3) is 0 Å². The van der Waals surface area contributed by atoms with Crippen LogP contribution in [-0.4, -0.2) is 12.1 Å². The maximum Gasteiger partial charge on any atom is 0.119 e. The number of nitrogens with one attached hydrogen (secondary N) is 1. The van der Waals surface area contributed by atoms with E-state index in [0.717, 1.165) is 23.8 Å². The van der Waals surface area contributed by atoms with Gasteiger partial charge in [-0.3, -0.25) is 0 Å². The summed E-state index contributed by atoms with van der Waals surface area (Å²) in [5.41, 5.74) is 1.22. The van der Waals surface area contributed by atoms with Crippen LogP contribution in [0.3, 0.4) is 0 Å². The summed E-state index contributed by atoms with van der Waals surface area (Å²) in [6, 6.07) is 8.08. The Balaban J connectivity index is 1.85. The number of hydrogen-bond acceptors (Lipinski definition) is 4. The third-order valence-corrected chi connectivity index (χ3v) is 3.32. The molecule has 0 bridgehead atoms. The summed E-state index contributed by atoms with van der Waals surface area (Å²) < 4.78 is 5.18. The number of ether oxygens (including phenoxy) is 1. The molecule has 0 radical (unpaired) electrons. The Morgan fingerprint density at radius 1 is 1.35 bits per heavy atom. The molecule has 1 aromatic heterocycles. The van der Waals surface area contributed by atoms with Crippen LogP contribution in [0.2, 0.25) is 0 Å². The van der Waals surface area contributed by atoms with Crippen molar-refractivity contribution in [2.75, 3.05) is 7.11 Å². The van der Waals surface area contributed by atoms with Crippen molar-refractivity contribution in [2.45, 2.75) is 20.0 Å². The fourth-order valence-electron chi connectivity index (χ4n) is 1.58. The number of rotatable bonds is 5. The minimum absolute atomic E-state index is 0.815. The first-order valence-electron chi connectivity index (χ1n) is 5.53. The molecule has 0 amide bonds. The maximum absolute atomic E-state index is 5.18. The molecule has 0 unspecified atom stereocenters. The molecule has 0 aliphatic carbocycles. The molecular formula is C13H16N2OS. The second-order valence-corrected chi connectivity index (χ2v) is 5.14. The van der Waals surface area contributed by atoms with Crippen molar-refractivity contribution < 1.29 is 4.74 Å². The predicted molar refractivity (Wildman–Crippen MR) is 70.4 cm³/mol. The van der Waals surface area contributed by atoms with Crippen LogP contribution in [0.4, 0.5) is 0 Å². The van der Waals surface area contributed by atoms with Gasteiger partial charge in [0, 0.05) is 24.2 Å². The van der Waals surface area contributed by atoms with Crippen molar-refractivity contribution in [3.8, 4) is 5.75 Å². The third kappa shape index (κ3) is 3.54. The van der Waals surface area contributed by atoms with Crippen LogP contribution in [-0.2, 0) is 13.1 Å². The largest absolute Gasteiger partial charge is 0.497 e. The van der Waals surface area contributed by atoms with Crippen LogP contribution < -0.4 is 10.1 Å². The van der Waals surface area contributed by atoms with Crippen molar-refractivity contribution in [2.24, 2.45) is 0 Å². The first-order valence-corrected chi connectivity index (χ1v) is 6.34. The van der Waals surface area contributed by atoms with Crippen LogP contribution in [0.1, 0.15) is 15.4 Å². The van der Waals surface area contributed by atoms with Crippen molar-refractivity contribution in [1.82, 2.24) is 10.3 Å². The van der Waals surface area contributed by atoms with E-state index >= 15 is 0 Å². The van der Waals surface area contributed by atoms with Crippen molar-refractivity contribution in [3.05, 3.63) is 45.9 Å². The number of thiazole rings is 1. The van der Waals surface area contributed by atoms with Gasteiger partial charge in [0.2, 0.25) is 0 Å². The van der Waals surface area contributed by atoms with Crippen molar-refractivity contribution in [1.29, 1.82) is 0 Å². The predicted octanol–water partition coefficient (Wildman–Crippen LogP) is 2.75. The van der Waals surface area contributed by atoms with Crippen molar-refractivity contribution in [3.63, 3.8) is 0 Å². The van der Waals surface area contributed by atoms with Gasteiger partial charge in [0.15, 0.2) is 0 Å². The highest BCUT2D eigenvalue weighted by Gasteiger charge is 1.99. The fraction of sp³-hybridized carbons (Fsp3) is 0.308. The molecule has 0 saturated carbocycles. The lowest BCUT2D eigenvalue weighted by atomic mass is 10.2. The lowest BCUT2D eigenvalue weighted by Gasteiger charge is -2.05. The number of aryl methyl sites for hydroxylation is 1. The first kappa shape index (κ1) is 12.1. The van der Waals surface area contributed by atoms with Gasteiger partial charge < -0.3 is 10.1 Å². The Morgan fingerprint density at radius 2 is 2.24 bits per heavy atom. The van der Waals surface area contributed by atoms with E-state index in [1.54, 1.807) is 18.4 Å². The SMILES string of the molecule is COc1cccc(CNCc2ncc(C)s2)c1. The van der Waals surface area contributed by atoms with Crippen LogP contribution in [0.15, 0.2) is 30.5 Å². The number of methoxy groups -OCH3 is 1. The van der Waals surface area contributed by atoms with Gasteiger partial charge in [-0.1, -0.05) is 12.1 Å². The van der Waals surface area contributed by atoms with E-state index in [2.05, 4.69) is 23.3 Å². The van der Waals surface area contributed by atoms with Crippen LogP contribution in [0.5, 0.6) is 5.75 Å². The molecule has 0 aliphatic rings. The van der Waals surface area contributed by atoms with E-state index in [1.165, 1.54) is 10.4 Å². The summed E-state index contributed by atoms with van der Waals surface area (Å²) >= 11 is 1.73. The number of nitrogens with zero attached hydrogens (tertiary/aromatic N) is 1. The third-order valence-electron chi connectivity index (χ3n) is 2.41. The number of benzene rings is 1. The van der Waals surface area contributed by atoms with Crippen LogP contribution >= 0.6 is 11.3 Å². The molecule has 1 aromatic carbocycles. The molecule has 0 aliphatic heterocycles. The molecule has 17 heavy (non-hydrogen) atoms. The Labute approximate surface area is 105 Å². The molecule has 3 nitrogen and oxygen atoms in total. The summed E-state index contributed by atoms with van der Waals surface area (Å²) in [7, 11) is 1.69. The van der Waals surface area contributed by atoms with E-state index in [0.29, 0.717) is 0 Å². The highest BCUT2D eigenvalue weighted by Crippen LogP contribution is 2.13. The Kier molecular flexibility index (Phi) is 4.12. The molecule has 0 fully saturated rings. The van der Waals surface area contributed by atoms with Crippen molar-refractivity contribution >= 4 is 11.3 Å². The standard InChI is InChI=1S/C13H16N2OS/c1-10-7-15-13(17-10)9-14-8-11-4-3-5-12(6-11)16-2/h3-7,14H,8-9H2,1-2H3. The van der Waals surface area contributed by atoms with E-state index in [-0.39, 0.29) is 0 Å². The van der Waals surface area contributed by atoms with Crippen LogP contribution in [0, 0.1) is 6.92 Å². The molecule has 0 spiro atoms. The molecule has 2 rings (SSSR count). The molecule has 0 atom stereocenters. The molecule has 4 heteroatoms. The second kappa shape index (κ2) is 5.80. The zero-order valence-corrected chi connectivity index (χ0v) is 10.9. The minimum atomic E-state index is 0.815.